The zero-order valence-electron chi connectivity index (χ0n) is 15.3. The van der Waals surface area contributed by atoms with Gasteiger partial charge in [0.25, 0.3) is 0 Å². The highest BCUT2D eigenvalue weighted by Gasteiger charge is 2.15. The normalized spacial score (nSPS) is 15.2. The molecule has 0 saturated heterocycles. The number of benzene rings is 1. The van der Waals surface area contributed by atoms with Crippen molar-refractivity contribution < 1.29 is 4.79 Å². The first kappa shape index (κ1) is 21.7. The summed E-state index contributed by atoms with van der Waals surface area (Å²) in [5.74, 6) is 0.723. The molecule has 25 heavy (non-hydrogen) atoms. The Hall–Kier alpha value is -1.31. The van der Waals surface area contributed by atoms with Gasteiger partial charge < -0.3 is 16.0 Å². The maximum absolute atomic E-state index is 12.1. The molecule has 1 aromatic rings. The van der Waals surface area contributed by atoms with Crippen LogP contribution in [0.1, 0.15) is 50.2 Å². The van der Waals surface area contributed by atoms with E-state index in [9.17, 15) is 4.79 Å². The van der Waals surface area contributed by atoms with Gasteiger partial charge in [0.2, 0.25) is 5.91 Å². The molecule has 0 spiro atoms. The Morgan fingerprint density at radius 2 is 1.96 bits per heavy atom. The monoisotopic (exact) mass is 458 g/mol. The largest absolute Gasteiger partial charge is 0.357 e. The van der Waals surface area contributed by atoms with E-state index in [4.69, 9.17) is 0 Å². The first-order valence-electron chi connectivity index (χ1n) is 9.04. The molecule has 0 bridgehead atoms. The number of rotatable bonds is 6. The molecule has 6 heteroatoms. The summed E-state index contributed by atoms with van der Waals surface area (Å²) in [6, 6.07) is 8.66. The van der Waals surface area contributed by atoms with Crippen LogP contribution in [-0.2, 0) is 11.3 Å². The van der Waals surface area contributed by atoms with Crippen LogP contribution in [0.3, 0.4) is 0 Å². The maximum atomic E-state index is 12.1. The van der Waals surface area contributed by atoms with Crippen molar-refractivity contribution in [3.63, 3.8) is 0 Å². The van der Waals surface area contributed by atoms with Crippen LogP contribution in [0.4, 0.5) is 0 Å². The Morgan fingerprint density at radius 1 is 1.20 bits per heavy atom. The number of amides is 1. The van der Waals surface area contributed by atoms with Crippen molar-refractivity contribution in [2.24, 2.45) is 4.99 Å². The number of hydrogen-bond donors (Lipinski definition) is 3. The third-order valence-corrected chi connectivity index (χ3v) is 4.23. The molecule has 0 aliphatic heterocycles. The van der Waals surface area contributed by atoms with Gasteiger partial charge in [0, 0.05) is 12.6 Å². The average molecular weight is 458 g/mol. The van der Waals surface area contributed by atoms with Gasteiger partial charge in [-0.25, -0.2) is 4.99 Å². The van der Waals surface area contributed by atoms with Crippen LogP contribution in [0.15, 0.2) is 29.3 Å². The lowest BCUT2D eigenvalue weighted by Gasteiger charge is -2.23. The number of halogens is 1. The van der Waals surface area contributed by atoms with E-state index >= 15 is 0 Å². The number of carbonyl (C=O) groups excluding carboxylic acids is 1. The third-order valence-electron chi connectivity index (χ3n) is 4.23. The smallest absolute Gasteiger partial charge is 0.239 e. The Balaban J connectivity index is 0.00000312. The second-order valence-corrected chi connectivity index (χ2v) is 6.44. The molecule has 1 aliphatic carbocycles. The predicted octanol–water partition coefficient (Wildman–Crippen LogP) is 3.12. The Kier molecular flexibility index (Phi) is 10.5. The van der Waals surface area contributed by atoms with Crippen LogP contribution >= 0.6 is 24.0 Å². The molecular formula is C19H31IN4O. The fraction of sp³-hybridized carbons (Fsp3) is 0.579. The van der Waals surface area contributed by atoms with Crippen molar-refractivity contribution in [1.29, 1.82) is 0 Å². The van der Waals surface area contributed by atoms with E-state index in [0.29, 0.717) is 18.5 Å². The zero-order valence-corrected chi connectivity index (χ0v) is 17.6. The van der Waals surface area contributed by atoms with Gasteiger partial charge in [-0.15, -0.1) is 24.0 Å². The molecule has 0 heterocycles. The molecule has 5 nitrogen and oxygen atoms in total. The fourth-order valence-corrected chi connectivity index (χ4v) is 3.01. The molecular weight excluding hydrogens is 427 g/mol. The van der Waals surface area contributed by atoms with Crippen LogP contribution in [0.25, 0.3) is 0 Å². The number of nitrogens with zero attached hydrogens (tertiary/aromatic N) is 1. The second kappa shape index (κ2) is 12.1. The first-order valence-corrected chi connectivity index (χ1v) is 9.04. The van der Waals surface area contributed by atoms with Gasteiger partial charge in [0.05, 0.1) is 13.1 Å². The first-order chi connectivity index (χ1) is 11.7. The lowest BCUT2D eigenvalue weighted by Crippen LogP contribution is -2.46. The van der Waals surface area contributed by atoms with E-state index < -0.39 is 0 Å². The summed E-state index contributed by atoms with van der Waals surface area (Å²) >= 11 is 0. The lowest BCUT2D eigenvalue weighted by atomic mass is 9.95. The number of guanidine groups is 1. The number of aryl methyl sites for hydroxylation is 1. The molecule has 1 aliphatic rings. The molecule has 0 unspecified atom stereocenters. The highest BCUT2D eigenvalue weighted by Crippen LogP contribution is 2.17. The minimum absolute atomic E-state index is 0. The summed E-state index contributed by atoms with van der Waals surface area (Å²) in [5.41, 5.74) is 2.39. The quantitative estimate of drug-likeness (QED) is 0.349. The molecule has 140 valence electrons. The molecule has 0 radical (unpaired) electrons. The summed E-state index contributed by atoms with van der Waals surface area (Å²) in [4.78, 5) is 16.6. The Labute approximate surface area is 168 Å². The zero-order chi connectivity index (χ0) is 17.2. The highest BCUT2D eigenvalue weighted by molar-refractivity contribution is 14.0. The van der Waals surface area contributed by atoms with Crippen LogP contribution in [0, 0.1) is 6.92 Å². The standard InChI is InChI=1S/C19H30N4O.HI/c1-3-20-19(21-13-16-9-7-8-15(2)12-16)22-14-18(24)23-17-10-5-4-6-11-17;/h7-9,12,17H,3-6,10-11,13-14H2,1-2H3,(H,23,24)(H2,20,21,22);1H. The van der Waals surface area contributed by atoms with Gasteiger partial charge in [-0.1, -0.05) is 49.1 Å². The second-order valence-electron chi connectivity index (χ2n) is 6.44. The lowest BCUT2D eigenvalue weighted by molar-refractivity contribution is -0.120. The molecule has 1 aromatic carbocycles. The van der Waals surface area contributed by atoms with Gasteiger partial charge >= 0.3 is 0 Å². The van der Waals surface area contributed by atoms with Gasteiger partial charge in [-0.05, 0) is 32.3 Å². The summed E-state index contributed by atoms with van der Waals surface area (Å²) < 4.78 is 0. The summed E-state index contributed by atoms with van der Waals surface area (Å²) in [7, 11) is 0. The van der Waals surface area contributed by atoms with Crippen LogP contribution in [0.2, 0.25) is 0 Å². The average Bonchev–Trinajstić information content (AvgIpc) is 2.58. The van der Waals surface area contributed by atoms with Gasteiger partial charge in [-0.3, -0.25) is 4.79 Å². The minimum Gasteiger partial charge on any atom is -0.357 e. The van der Waals surface area contributed by atoms with Crippen molar-refractivity contribution in [2.75, 3.05) is 13.1 Å². The molecule has 1 fully saturated rings. The van der Waals surface area contributed by atoms with Gasteiger partial charge in [0.1, 0.15) is 0 Å². The van der Waals surface area contributed by atoms with E-state index in [2.05, 4.69) is 46.1 Å². The molecule has 1 saturated carbocycles. The molecule has 3 N–H and O–H groups in total. The van der Waals surface area contributed by atoms with E-state index in [-0.39, 0.29) is 36.4 Å². The third kappa shape index (κ3) is 8.56. The number of hydrogen-bond acceptors (Lipinski definition) is 2. The van der Waals surface area contributed by atoms with Crippen molar-refractivity contribution in [2.45, 2.75) is 58.5 Å². The Bertz CT molecular complexity index is 556. The number of aliphatic imine (C=N–C) groups is 1. The summed E-state index contributed by atoms with van der Waals surface area (Å²) in [6.07, 6.45) is 5.94. The SMILES string of the molecule is CCNC(=NCc1cccc(C)c1)NCC(=O)NC1CCCCC1.I. The molecule has 1 amide bonds. The van der Waals surface area contributed by atoms with E-state index in [1.807, 2.05) is 13.0 Å². The van der Waals surface area contributed by atoms with E-state index in [0.717, 1.165) is 19.4 Å². The number of nitrogens with one attached hydrogen (secondary N) is 3. The van der Waals surface area contributed by atoms with Crippen molar-refractivity contribution >= 4 is 35.8 Å². The molecule has 2 rings (SSSR count). The minimum atomic E-state index is 0. The summed E-state index contributed by atoms with van der Waals surface area (Å²) in [6.45, 7) is 5.72. The predicted molar refractivity (Wildman–Crippen MR) is 114 cm³/mol. The Morgan fingerprint density at radius 3 is 2.64 bits per heavy atom. The topological polar surface area (TPSA) is 65.5 Å². The van der Waals surface area contributed by atoms with Crippen molar-refractivity contribution in [3.05, 3.63) is 35.4 Å². The van der Waals surface area contributed by atoms with Crippen LogP contribution in [0.5, 0.6) is 0 Å². The molecule has 0 aromatic heterocycles. The number of carbonyl (C=O) groups is 1. The van der Waals surface area contributed by atoms with Crippen molar-refractivity contribution in [3.8, 4) is 0 Å². The molecule has 0 atom stereocenters. The fourth-order valence-electron chi connectivity index (χ4n) is 3.01. The van der Waals surface area contributed by atoms with Gasteiger partial charge in [-0.2, -0.15) is 0 Å². The van der Waals surface area contributed by atoms with Gasteiger partial charge in [0.15, 0.2) is 5.96 Å². The van der Waals surface area contributed by atoms with Crippen LogP contribution in [-0.4, -0.2) is 31.0 Å². The van der Waals surface area contributed by atoms with Crippen LogP contribution < -0.4 is 16.0 Å². The van der Waals surface area contributed by atoms with Crippen molar-refractivity contribution in [1.82, 2.24) is 16.0 Å². The van der Waals surface area contributed by atoms with E-state index in [1.54, 1.807) is 0 Å². The highest BCUT2D eigenvalue weighted by atomic mass is 127. The maximum Gasteiger partial charge on any atom is 0.239 e. The van der Waals surface area contributed by atoms with E-state index in [1.165, 1.54) is 30.4 Å². The summed E-state index contributed by atoms with van der Waals surface area (Å²) in [5, 5.41) is 9.42.